The van der Waals surface area contributed by atoms with E-state index in [0.717, 1.165) is 24.2 Å². The van der Waals surface area contributed by atoms with Gasteiger partial charge in [0.05, 0.1) is 12.7 Å². The molecule has 27 heavy (non-hydrogen) atoms. The summed E-state index contributed by atoms with van der Waals surface area (Å²) >= 11 is 0. The Morgan fingerprint density at radius 2 is 1.93 bits per heavy atom. The van der Waals surface area contributed by atoms with E-state index in [0.29, 0.717) is 25.3 Å². The molecule has 0 bridgehead atoms. The van der Waals surface area contributed by atoms with Crippen molar-refractivity contribution < 1.29 is 4.79 Å². The number of aromatic nitrogens is 5. The van der Waals surface area contributed by atoms with Crippen molar-refractivity contribution in [2.24, 2.45) is 0 Å². The van der Waals surface area contributed by atoms with Gasteiger partial charge in [-0.05, 0) is 18.4 Å². The fraction of sp³-hybridized carbons (Fsp3) is 0.316. The van der Waals surface area contributed by atoms with Crippen LogP contribution in [0.15, 0.2) is 53.7 Å². The van der Waals surface area contributed by atoms with Crippen LogP contribution < -0.4 is 5.69 Å². The highest BCUT2D eigenvalue weighted by atomic mass is 16.2. The first kappa shape index (κ1) is 17.1. The number of H-pyrrole nitrogens is 1. The van der Waals surface area contributed by atoms with E-state index in [1.165, 1.54) is 12.4 Å². The van der Waals surface area contributed by atoms with E-state index >= 15 is 0 Å². The van der Waals surface area contributed by atoms with Crippen LogP contribution in [0.3, 0.4) is 0 Å². The number of aromatic amines is 1. The van der Waals surface area contributed by atoms with Gasteiger partial charge in [0.15, 0.2) is 0 Å². The fourth-order valence-corrected chi connectivity index (χ4v) is 3.47. The number of piperidine rings is 1. The van der Waals surface area contributed by atoms with E-state index in [-0.39, 0.29) is 17.5 Å². The summed E-state index contributed by atoms with van der Waals surface area (Å²) in [6.45, 7) is 1.70. The van der Waals surface area contributed by atoms with Gasteiger partial charge in [0.1, 0.15) is 11.5 Å². The Balaban J connectivity index is 1.46. The minimum atomic E-state index is -0.202. The molecule has 2 aromatic heterocycles. The maximum absolute atomic E-state index is 12.5. The molecule has 8 nitrogen and oxygen atoms in total. The van der Waals surface area contributed by atoms with Gasteiger partial charge in [-0.15, -0.1) is 0 Å². The Morgan fingerprint density at radius 1 is 1.15 bits per heavy atom. The van der Waals surface area contributed by atoms with E-state index in [1.54, 1.807) is 15.7 Å². The van der Waals surface area contributed by atoms with Gasteiger partial charge in [-0.3, -0.25) is 14.3 Å². The number of benzene rings is 1. The van der Waals surface area contributed by atoms with Crippen LogP contribution in [0, 0.1) is 0 Å². The summed E-state index contributed by atoms with van der Waals surface area (Å²) in [4.78, 5) is 34.5. The third-order valence-electron chi connectivity index (χ3n) is 4.90. The van der Waals surface area contributed by atoms with Crippen molar-refractivity contribution in [2.75, 3.05) is 13.1 Å². The molecule has 138 valence electrons. The standard InChI is InChI=1S/C19H20N6O2/c26-18(16-12-20-8-9-21-16)24-10-6-15(7-11-24)17-22-23-19(27)25(17)13-14-4-2-1-3-5-14/h1-5,8-9,12,15H,6-7,10-11,13H2,(H,23,27). The Hall–Kier alpha value is -3.29. The number of hydrogen-bond donors (Lipinski definition) is 1. The summed E-state index contributed by atoms with van der Waals surface area (Å²) < 4.78 is 1.69. The van der Waals surface area contributed by atoms with Gasteiger partial charge in [-0.2, -0.15) is 5.10 Å². The molecule has 1 aliphatic heterocycles. The third kappa shape index (κ3) is 3.64. The second-order valence-electron chi connectivity index (χ2n) is 6.62. The van der Waals surface area contributed by atoms with E-state index in [9.17, 15) is 9.59 Å². The first-order chi connectivity index (χ1) is 13.2. The van der Waals surface area contributed by atoms with Crippen molar-refractivity contribution in [3.05, 3.63) is 76.5 Å². The van der Waals surface area contributed by atoms with Crippen molar-refractivity contribution in [2.45, 2.75) is 25.3 Å². The number of carbonyl (C=O) groups is 1. The van der Waals surface area contributed by atoms with Crippen molar-refractivity contribution in [1.82, 2.24) is 29.6 Å². The second kappa shape index (κ2) is 7.53. The van der Waals surface area contributed by atoms with Crippen LogP contribution in [0.5, 0.6) is 0 Å². The molecule has 0 saturated carbocycles. The molecule has 1 aliphatic rings. The molecule has 0 radical (unpaired) electrons. The van der Waals surface area contributed by atoms with E-state index in [1.807, 2.05) is 30.3 Å². The molecule has 8 heteroatoms. The number of carbonyl (C=O) groups excluding carboxylic acids is 1. The van der Waals surface area contributed by atoms with Gasteiger partial charge in [0.2, 0.25) is 0 Å². The highest BCUT2D eigenvalue weighted by Crippen LogP contribution is 2.26. The molecule has 1 amide bonds. The first-order valence-corrected chi connectivity index (χ1v) is 8.96. The number of nitrogens with zero attached hydrogens (tertiary/aromatic N) is 5. The van der Waals surface area contributed by atoms with Crippen LogP contribution in [-0.4, -0.2) is 48.6 Å². The summed E-state index contributed by atoms with van der Waals surface area (Å²) in [5.41, 5.74) is 1.21. The second-order valence-corrected chi connectivity index (χ2v) is 6.62. The van der Waals surface area contributed by atoms with E-state index < -0.39 is 0 Å². The molecule has 0 aliphatic carbocycles. The van der Waals surface area contributed by atoms with Crippen molar-refractivity contribution >= 4 is 5.91 Å². The van der Waals surface area contributed by atoms with Crippen molar-refractivity contribution in [1.29, 1.82) is 0 Å². The monoisotopic (exact) mass is 364 g/mol. The van der Waals surface area contributed by atoms with Crippen LogP contribution in [0.2, 0.25) is 0 Å². The third-order valence-corrected chi connectivity index (χ3v) is 4.90. The summed E-state index contributed by atoms with van der Waals surface area (Å²) in [5.74, 6) is 0.791. The largest absolute Gasteiger partial charge is 0.343 e. The molecule has 0 atom stereocenters. The summed E-state index contributed by atoms with van der Waals surface area (Å²) in [7, 11) is 0. The average Bonchev–Trinajstić information content (AvgIpc) is 3.09. The Bertz CT molecular complexity index is 959. The number of nitrogens with one attached hydrogen (secondary N) is 1. The lowest BCUT2D eigenvalue weighted by molar-refractivity contribution is 0.0704. The van der Waals surface area contributed by atoms with Crippen LogP contribution in [0.25, 0.3) is 0 Å². The molecule has 1 fully saturated rings. The van der Waals surface area contributed by atoms with Crippen molar-refractivity contribution in [3.63, 3.8) is 0 Å². The topological polar surface area (TPSA) is 96.8 Å². The smallest absolute Gasteiger partial charge is 0.337 e. The van der Waals surface area contributed by atoms with E-state index in [2.05, 4.69) is 20.2 Å². The van der Waals surface area contributed by atoms with Gasteiger partial charge < -0.3 is 4.90 Å². The van der Waals surface area contributed by atoms with Gasteiger partial charge in [0, 0.05) is 31.4 Å². The molecule has 1 aromatic carbocycles. The van der Waals surface area contributed by atoms with Crippen molar-refractivity contribution in [3.8, 4) is 0 Å². The van der Waals surface area contributed by atoms with Crippen LogP contribution in [-0.2, 0) is 6.54 Å². The molecule has 0 unspecified atom stereocenters. The minimum Gasteiger partial charge on any atom is -0.337 e. The first-order valence-electron chi connectivity index (χ1n) is 8.96. The molecule has 1 saturated heterocycles. The number of amides is 1. The number of likely N-dealkylation sites (tertiary alicyclic amines) is 1. The molecule has 3 aromatic rings. The fourth-order valence-electron chi connectivity index (χ4n) is 3.47. The lowest BCUT2D eigenvalue weighted by Crippen LogP contribution is -2.39. The quantitative estimate of drug-likeness (QED) is 0.755. The summed E-state index contributed by atoms with van der Waals surface area (Å²) in [5, 5.41) is 6.84. The summed E-state index contributed by atoms with van der Waals surface area (Å²) in [6.07, 6.45) is 6.06. The minimum absolute atomic E-state index is 0.106. The normalized spacial score (nSPS) is 15.0. The lowest BCUT2D eigenvalue weighted by Gasteiger charge is -2.31. The molecular formula is C19H20N6O2. The highest BCUT2D eigenvalue weighted by Gasteiger charge is 2.28. The predicted octanol–water partition coefficient (Wildman–Crippen LogP) is 1.43. The Labute approximate surface area is 155 Å². The SMILES string of the molecule is O=C(c1cnccn1)N1CCC(c2n[nH]c(=O)n2Cc2ccccc2)CC1. The molecule has 3 heterocycles. The zero-order valence-corrected chi connectivity index (χ0v) is 14.8. The maximum Gasteiger partial charge on any atom is 0.343 e. The lowest BCUT2D eigenvalue weighted by atomic mass is 9.95. The number of hydrogen-bond acceptors (Lipinski definition) is 5. The molecule has 4 rings (SSSR count). The number of rotatable bonds is 4. The Morgan fingerprint density at radius 3 is 2.63 bits per heavy atom. The average molecular weight is 364 g/mol. The zero-order chi connectivity index (χ0) is 18.6. The summed E-state index contributed by atoms with van der Waals surface area (Å²) in [6, 6.07) is 9.84. The van der Waals surface area contributed by atoms with Crippen LogP contribution in [0.1, 0.15) is 40.6 Å². The van der Waals surface area contributed by atoms with Crippen LogP contribution in [0.4, 0.5) is 0 Å². The predicted molar refractivity (Wildman–Crippen MR) is 98.3 cm³/mol. The van der Waals surface area contributed by atoms with Gasteiger partial charge >= 0.3 is 5.69 Å². The Kier molecular flexibility index (Phi) is 4.78. The van der Waals surface area contributed by atoms with Crippen LogP contribution >= 0.6 is 0 Å². The van der Waals surface area contributed by atoms with Gasteiger partial charge in [0.25, 0.3) is 5.91 Å². The highest BCUT2D eigenvalue weighted by molar-refractivity contribution is 5.92. The zero-order valence-electron chi connectivity index (χ0n) is 14.8. The molecular weight excluding hydrogens is 344 g/mol. The van der Waals surface area contributed by atoms with Gasteiger partial charge in [-0.25, -0.2) is 14.9 Å². The van der Waals surface area contributed by atoms with Gasteiger partial charge in [-0.1, -0.05) is 30.3 Å². The molecule has 1 N–H and O–H groups in total. The molecule has 0 spiro atoms. The maximum atomic E-state index is 12.5. The van der Waals surface area contributed by atoms with E-state index in [4.69, 9.17) is 0 Å².